The highest BCUT2D eigenvalue weighted by molar-refractivity contribution is 7.15. The van der Waals surface area contributed by atoms with E-state index in [4.69, 9.17) is 0 Å². The Kier molecular flexibility index (Phi) is 5.68. The summed E-state index contributed by atoms with van der Waals surface area (Å²) in [7, 11) is 1.31. The Balaban J connectivity index is 1.64. The van der Waals surface area contributed by atoms with E-state index in [0.717, 1.165) is 29.9 Å². The Morgan fingerprint density at radius 1 is 1.12 bits per heavy atom. The third kappa shape index (κ3) is 4.11. The van der Waals surface area contributed by atoms with Crippen molar-refractivity contribution in [1.29, 1.82) is 0 Å². The summed E-state index contributed by atoms with van der Waals surface area (Å²) in [5.41, 5.74) is 0.752. The van der Waals surface area contributed by atoms with Crippen LogP contribution in [0, 0.1) is 5.92 Å². The van der Waals surface area contributed by atoms with E-state index in [1.165, 1.54) is 7.11 Å². The van der Waals surface area contributed by atoms with Crippen LogP contribution < -0.4 is 5.32 Å². The lowest BCUT2D eigenvalue weighted by Crippen LogP contribution is -2.43. The van der Waals surface area contributed by atoms with Crippen molar-refractivity contribution < 1.29 is 19.1 Å². The van der Waals surface area contributed by atoms with Gasteiger partial charge in [0.2, 0.25) is 5.91 Å². The van der Waals surface area contributed by atoms with Gasteiger partial charge >= 0.3 is 5.97 Å². The first kappa shape index (κ1) is 18.1. The van der Waals surface area contributed by atoms with E-state index in [2.05, 4.69) is 10.1 Å². The fourth-order valence-corrected chi connectivity index (χ4v) is 3.85. The Hall–Kier alpha value is -2.67. The maximum atomic E-state index is 12.7. The minimum Gasteiger partial charge on any atom is -0.465 e. The highest BCUT2D eigenvalue weighted by atomic mass is 32.1. The highest BCUT2D eigenvalue weighted by Gasteiger charge is 2.29. The van der Waals surface area contributed by atoms with Gasteiger partial charge in [-0.1, -0.05) is 18.2 Å². The Bertz CT molecular complexity index is 803. The summed E-state index contributed by atoms with van der Waals surface area (Å²) in [6.45, 7) is 0.988. The zero-order valence-electron chi connectivity index (χ0n) is 14.4. The number of rotatable bonds is 4. The fourth-order valence-electron chi connectivity index (χ4n) is 2.96. The van der Waals surface area contributed by atoms with Crippen molar-refractivity contribution in [1.82, 2.24) is 4.90 Å². The quantitative estimate of drug-likeness (QED) is 0.837. The number of nitrogens with zero attached hydrogens (tertiary/aromatic N) is 1. The zero-order valence-corrected chi connectivity index (χ0v) is 15.3. The molecule has 6 nitrogen and oxygen atoms in total. The number of thiophene rings is 1. The van der Waals surface area contributed by atoms with Gasteiger partial charge < -0.3 is 15.0 Å². The van der Waals surface area contributed by atoms with Crippen molar-refractivity contribution in [2.75, 3.05) is 25.5 Å². The second-order valence-electron chi connectivity index (χ2n) is 6.10. The third-order valence-electron chi connectivity index (χ3n) is 4.32. The Morgan fingerprint density at radius 2 is 1.85 bits per heavy atom. The van der Waals surface area contributed by atoms with Crippen LogP contribution in [0.4, 0.5) is 5.69 Å². The van der Waals surface area contributed by atoms with Gasteiger partial charge in [-0.25, -0.2) is 4.79 Å². The van der Waals surface area contributed by atoms with Gasteiger partial charge in [0, 0.05) is 18.8 Å². The maximum Gasteiger partial charge on any atom is 0.348 e. The molecule has 1 N–H and O–H groups in total. The number of nitrogens with one attached hydrogen (secondary N) is 1. The number of benzene rings is 1. The number of hydrogen-bond acceptors (Lipinski definition) is 5. The highest BCUT2D eigenvalue weighted by Crippen LogP contribution is 2.24. The number of hydrogen-bond donors (Lipinski definition) is 1. The van der Waals surface area contributed by atoms with Crippen LogP contribution in [0.15, 0.2) is 42.5 Å². The summed E-state index contributed by atoms with van der Waals surface area (Å²) in [4.78, 5) is 39.3. The minimum absolute atomic E-state index is 0.0740. The monoisotopic (exact) mass is 372 g/mol. The minimum atomic E-state index is -0.451. The molecule has 3 rings (SSSR count). The van der Waals surface area contributed by atoms with Gasteiger partial charge in [-0.3, -0.25) is 9.59 Å². The van der Waals surface area contributed by atoms with Crippen molar-refractivity contribution >= 4 is 34.8 Å². The molecular formula is C19H20N2O4S. The number of carbonyl (C=O) groups is 3. The van der Waals surface area contributed by atoms with E-state index in [9.17, 15) is 14.4 Å². The third-order valence-corrected chi connectivity index (χ3v) is 5.38. The molecule has 2 aromatic rings. The Labute approximate surface area is 155 Å². The summed E-state index contributed by atoms with van der Waals surface area (Å²) < 4.78 is 4.67. The number of carbonyl (C=O) groups excluding carboxylic acids is 3. The number of anilines is 1. The SMILES string of the molecule is COC(=O)c1ccc(C(=O)N2CCCC(C(=O)Nc3ccccc3)C2)s1. The molecular weight excluding hydrogens is 352 g/mol. The summed E-state index contributed by atoms with van der Waals surface area (Å²) in [5, 5.41) is 2.90. The first-order valence-electron chi connectivity index (χ1n) is 8.42. The molecule has 1 aliphatic rings. The molecule has 0 radical (unpaired) electrons. The van der Waals surface area contributed by atoms with E-state index < -0.39 is 5.97 Å². The smallest absolute Gasteiger partial charge is 0.348 e. The molecule has 1 unspecified atom stereocenters. The molecule has 0 saturated carbocycles. The molecule has 136 valence electrons. The van der Waals surface area contributed by atoms with Gasteiger partial charge in [-0.05, 0) is 37.1 Å². The van der Waals surface area contributed by atoms with Gasteiger partial charge in [0.1, 0.15) is 4.88 Å². The van der Waals surface area contributed by atoms with Gasteiger partial charge in [0.25, 0.3) is 5.91 Å². The molecule has 0 aliphatic carbocycles. The van der Waals surface area contributed by atoms with E-state index in [-0.39, 0.29) is 17.7 Å². The van der Waals surface area contributed by atoms with Crippen LogP contribution >= 0.6 is 11.3 Å². The molecule has 1 aromatic carbocycles. The molecule has 0 bridgehead atoms. The summed E-state index contributed by atoms with van der Waals surface area (Å²) in [6, 6.07) is 12.5. The molecule has 7 heteroatoms. The maximum absolute atomic E-state index is 12.7. The van der Waals surface area contributed by atoms with E-state index in [1.807, 2.05) is 30.3 Å². The predicted octanol–water partition coefficient (Wildman–Crippen LogP) is 3.03. The van der Waals surface area contributed by atoms with E-state index in [0.29, 0.717) is 22.8 Å². The predicted molar refractivity (Wildman–Crippen MR) is 99.4 cm³/mol. The van der Waals surface area contributed by atoms with Crippen LogP contribution in [-0.2, 0) is 9.53 Å². The average molecular weight is 372 g/mol. The molecule has 2 heterocycles. The standard InChI is InChI=1S/C19H20N2O4S/c1-25-19(24)16-10-9-15(26-16)18(23)21-11-5-6-13(12-21)17(22)20-14-7-3-2-4-8-14/h2-4,7-10,13H,5-6,11-12H2,1H3,(H,20,22). The van der Waals surface area contributed by atoms with Crippen LogP contribution in [0.2, 0.25) is 0 Å². The first-order valence-corrected chi connectivity index (χ1v) is 9.23. The Morgan fingerprint density at radius 3 is 2.58 bits per heavy atom. The van der Waals surface area contributed by atoms with Crippen molar-refractivity contribution in [3.63, 3.8) is 0 Å². The lowest BCUT2D eigenvalue weighted by Gasteiger charge is -2.31. The lowest BCUT2D eigenvalue weighted by atomic mass is 9.97. The molecule has 1 aromatic heterocycles. The number of ether oxygens (including phenoxy) is 1. The second kappa shape index (κ2) is 8.14. The molecule has 1 atom stereocenters. The number of esters is 1. The summed E-state index contributed by atoms with van der Waals surface area (Å²) in [5.74, 6) is -0.918. The molecule has 2 amide bonds. The van der Waals surface area contributed by atoms with Crippen LogP contribution in [0.3, 0.4) is 0 Å². The molecule has 1 fully saturated rings. The van der Waals surface area contributed by atoms with Gasteiger partial charge in [0.05, 0.1) is 17.9 Å². The zero-order chi connectivity index (χ0) is 18.5. The van der Waals surface area contributed by atoms with Gasteiger partial charge in [-0.15, -0.1) is 11.3 Å². The normalized spacial score (nSPS) is 16.8. The van der Waals surface area contributed by atoms with Crippen molar-refractivity contribution in [2.45, 2.75) is 12.8 Å². The topological polar surface area (TPSA) is 75.7 Å². The van der Waals surface area contributed by atoms with Crippen LogP contribution in [0.25, 0.3) is 0 Å². The van der Waals surface area contributed by atoms with Crippen molar-refractivity contribution in [3.05, 3.63) is 52.2 Å². The van der Waals surface area contributed by atoms with E-state index in [1.54, 1.807) is 17.0 Å². The van der Waals surface area contributed by atoms with Gasteiger partial charge in [-0.2, -0.15) is 0 Å². The number of methoxy groups -OCH3 is 1. The largest absolute Gasteiger partial charge is 0.465 e. The van der Waals surface area contributed by atoms with Crippen molar-refractivity contribution in [2.24, 2.45) is 5.92 Å². The fraction of sp³-hybridized carbons (Fsp3) is 0.316. The van der Waals surface area contributed by atoms with Crippen molar-refractivity contribution in [3.8, 4) is 0 Å². The summed E-state index contributed by atoms with van der Waals surface area (Å²) in [6.07, 6.45) is 1.52. The number of amides is 2. The van der Waals surface area contributed by atoms with Gasteiger partial charge in [0.15, 0.2) is 0 Å². The summed E-state index contributed by atoms with van der Waals surface area (Å²) >= 11 is 1.11. The lowest BCUT2D eigenvalue weighted by molar-refractivity contribution is -0.121. The average Bonchev–Trinajstić information content (AvgIpc) is 3.18. The first-order chi connectivity index (χ1) is 12.6. The number of para-hydroxylation sites is 1. The molecule has 26 heavy (non-hydrogen) atoms. The number of likely N-dealkylation sites (tertiary alicyclic amines) is 1. The van der Waals surface area contributed by atoms with Crippen LogP contribution in [0.1, 0.15) is 32.2 Å². The van der Waals surface area contributed by atoms with Crippen LogP contribution in [-0.4, -0.2) is 42.9 Å². The molecule has 0 spiro atoms. The molecule has 1 saturated heterocycles. The van der Waals surface area contributed by atoms with Crippen LogP contribution in [0.5, 0.6) is 0 Å². The number of piperidine rings is 1. The second-order valence-corrected chi connectivity index (χ2v) is 7.18. The molecule has 1 aliphatic heterocycles. The van der Waals surface area contributed by atoms with E-state index >= 15 is 0 Å².